The Kier molecular flexibility index (Phi) is 5.95. The van der Waals surface area contributed by atoms with Gasteiger partial charge in [0.1, 0.15) is 5.75 Å². The molecular weight excluding hydrogens is 378 g/mol. The Labute approximate surface area is 174 Å². The maximum Gasteiger partial charge on any atom is 0.271 e. The van der Waals surface area contributed by atoms with Gasteiger partial charge in [-0.25, -0.2) is 0 Å². The summed E-state index contributed by atoms with van der Waals surface area (Å²) in [6, 6.07) is 15.8. The van der Waals surface area contributed by atoms with Crippen molar-refractivity contribution in [3.05, 3.63) is 81.3 Å². The molecule has 0 unspecified atom stereocenters. The zero-order valence-corrected chi connectivity index (χ0v) is 16.9. The molecule has 0 atom stereocenters. The second kappa shape index (κ2) is 8.97. The first-order chi connectivity index (χ1) is 14.7. The first kappa shape index (κ1) is 19.9. The van der Waals surface area contributed by atoms with Crippen molar-refractivity contribution in [1.82, 2.24) is 10.2 Å². The number of ether oxygens (including phenoxy) is 1. The number of hydrogen-bond acceptors (Lipinski definition) is 4. The number of nitrogens with zero attached hydrogens (tertiary/aromatic N) is 1. The fourth-order valence-electron chi connectivity index (χ4n) is 3.70. The second-order valence-electron chi connectivity index (χ2n) is 7.31. The van der Waals surface area contributed by atoms with Gasteiger partial charge in [-0.05, 0) is 49.1 Å². The molecule has 0 aliphatic carbocycles. The number of H-pyrrole nitrogens is 2. The van der Waals surface area contributed by atoms with E-state index in [4.69, 9.17) is 14.8 Å². The number of aromatic amines is 2. The van der Waals surface area contributed by atoms with Gasteiger partial charge < -0.3 is 14.9 Å². The zero-order chi connectivity index (χ0) is 20.9. The number of para-hydroxylation sites is 1. The maximum atomic E-state index is 12.6. The summed E-state index contributed by atoms with van der Waals surface area (Å²) >= 11 is 0. The van der Waals surface area contributed by atoms with Crippen molar-refractivity contribution in [3.63, 3.8) is 0 Å². The lowest BCUT2D eigenvalue weighted by Gasteiger charge is -2.06. The van der Waals surface area contributed by atoms with Crippen LogP contribution in [-0.2, 0) is 6.42 Å². The number of aliphatic hydroxyl groups is 1. The zero-order valence-electron chi connectivity index (χ0n) is 16.9. The quantitative estimate of drug-likeness (QED) is 0.495. The Morgan fingerprint density at radius 3 is 2.63 bits per heavy atom. The van der Waals surface area contributed by atoms with Crippen LogP contribution >= 0.6 is 0 Å². The van der Waals surface area contributed by atoms with Gasteiger partial charge in [0.2, 0.25) is 0 Å². The molecule has 154 valence electrons. The van der Waals surface area contributed by atoms with Crippen LogP contribution in [0.3, 0.4) is 0 Å². The molecule has 1 aliphatic heterocycles. The molecule has 4 rings (SSSR count). The lowest BCUT2D eigenvalue weighted by molar-refractivity contribution is 0.285. The molecule has 1 aromatic heterocycles. The van der Waals surface area contributed by atoms with E-state index in [1.54, 1.807) is 7.11 Å². The van der Waals surface area contributed by atoms with Gasteiger partial charge >= 0.3 is 0 Å². The highest BCUT2D eigenvalue weighted by molar-refractivity contribution is 6.32. The minimum absolute atomic E-state index is 0.148. The van der Waals surface area contributed by atoms with Crippen LogP contribution in [0.5, 0.6) is 5.75 Å². The molecule has 0 saturated carbocycles. The summed E-state index contributed by atoms with van der Waals surface area (Å²) in [7, 11) is 1.64. The number of hydrogen-bond donors (Lipinski definition) is 3. The van der Waals surface area contributed by atoms with Crippen LogP contribution in [0.25, 0.3) is 11.6 Å². The third-order valence-electron chi connectivity index (χ3n) is 5.31. The van der Waals surface area contributed by atoms with E-state index < -0.39 is 0 Å². The standard InChI is InChI=1S/C24H25N3O3/c1-30-17-11-9-16(10-12-17)14-23-20(24(29)27-26-23)15-19-18-6-2-3-7-21(18)25-22(19)8-4-5-13-28/h2-3,6-7,9-12,15,28H,4-5,8,13-14H2,1H3,(H2,26,27,29). The summed E-state index contributed by atoms with van der Waals surface area (Å²) in [6.07, 6.45) is 4.88. The molecule has 0 radical (unpaired) electrons. The van der Waals surface area contributed by atoms with Gasteiger partial charge in [0, 0.05) is 35.6 Å². The first-order valence-corrected chi connectivity index (χ1v) is 10.1. The van der Waals surface area contributed by atoms with E-state index in [0.29, 0.717) is 12.0 Å². The lowest BCUT2D eigenvalue weighted by Crippen LogP contribution is -2.05. The van der Waals surface area contributed by atoms with E-state index in [1.807, 2.05) is 54.6 Å². The molecule has 6 nitrogen and oxygen atoms in total. The third kappa shape index (κ3) is 4.14. The van der Waals surface area contributed by atoms with Gasteiger partial charge in [0.25, 0.3) is 5.56 Å². The van der Waals surface area contributed by atoms with Gasteiger partial charge in [-0.3, -0.25) is 14.9 Å². The van der Waals surface area contributed by atoms with E-state index in [9.17, 15) is 4.79 Å². The molecule has 0 fully saturated rings. The fourth-order valence-corrected chi connectivity index (χ4v) is 3.70. The van der Waals surface area contributed by atoms with Gasteiger partial charge in [0.15, 0.2) is 0 Å². The molecule has 3 N–H and O–H groups in total. The molecule has 0 saturated heterocycles. The molecule has 0 bridgehead atoms. The summed E-state index contributed by atoms with van der Waals surface area (Å²) in [4.78, 5) is 17.4. The van der Waals surface area contributed by atoms with E-state index in [2.05, 4.69) is 10.2 Å². The molecule has 1 aliphatic rings. The van der Waals surface area contributed by atoms with Crippen LogP contribution in [0, 0.1) is 0 Å². The predicted octanol–water partition coefficient (Wildman–Crippen LogP) is 4.09. The van der Waals surface area contributed by atoms with Crippen molar-refractivity contribution < 1.29 is 9.84 Å². The van der Waals surface area contributed by atoms with E-state index in [-0.39, 0.29) is 12.2 Å². The summed E-state index contributed by atoms with van der Waals surface area (Å²) in [5.74, 6) is 0.801. The summed E-state index contributed by atoms with van der Waals surface area (Å²) in [5, 5.41) is 14.9. The van der Waals surface area contributed by atoms with Crippen LogP contribution < -0.4 is 10.3 Å². The number of aliphatic imine (C=N–C) groups is 1. The van der Waals surface area contributed by atoms with Gasteiger partial charge in [-0.1, -0.05) is 30.3 Å². The Morgan fingerprint density at radius 2 is 1.87 bits per heavy atom. The van der Waals surface area contributed by atoms with Crippen LogP contribution in [0.2, 0.25) is 0 Å². The van der Waals surface area contributed by atoms with Crippen molar-refractivity contribution in [2.24, 2.45) is 4.99 Å². The first-order valence-electron chi connectivity index (χ1n) is 10.1. The highest BCUT2D eigenvalue weighted by Crippen LogP contribution is 2.37. The van der Waals surface area contributed by atoms with Crippen molar-refractivity contribution in [1.29, 1.82) is 0 Å². The second-order valence-corrected chi connectivity index (χ2v) is 7.31. The smallest absolute Gasteiger partial charge is 0.271 e. The van der Waals surface area contributed by atoms with Crippen LogP contribution in [0.1, 0.15) is 41.6 Å². The Morgan fingerprint density at radius 1 is 1.07 bits per heavy atom. The largest absolute Gasteiger partial charge is 0.497 e. The number of aromatic nitrogens is 2. The lowest BCUT2D eigenvalue weighted by atomic mass is 9.96. The van der Waals surface area contributed by atoms with E-state index in [1.165, 1.54) is 0 Å². The topological polar surface area (TPSA) is 90.5 Å². The number of methoxy groups -OCH3 is 1. The van der Waals surface area contributed by atoms with Crippen LogP contribution in [-0.4, -0.2) is 34.7 Å². The van der Waals surface area contributed by atoms with Crippen molar-refractivity contribution >= 4 is 23.0 Å². The monoisotopic (exact) mass is 403 g/mol. The van der Waals surface area contributed by atoms with Crippen molar-refractivity contribution in [3.8, 4) is 5.75 Å². The molecular formula is C24H25N3O3. The summed E-state index contributed by atoms with van der Waals surface area (Å²) in [5.41, 5.74) is 6.27. The maximum absolute atomic E-state index is 12.6. The van der Waals surface area contributed by atoms with E-state index >= 15 is 0 Å². The number of rotatable bonds is 8. The third-order valence-corrected chi connectivity index (χ3v) is 5.31. The van der Waals surface area contributed by atoms with Crippen molar-refractivity contribution in [2.75, 3.05) is 13.7 Å². The van der Waals surface area contributed by atoms with Gasteiger partial charge in [0.05, 0.1) is 18.4 Å². The Hall–Kier alpha value is -3.38. The number of fused-ring (bicyclic) bond motifs is 1. The highest BCUT2D eigenvalue weighted by atomic mass is 16.5. The molecule has 0 spiro atoms. The van der Waals surface area contributed by atoms with Gasteiger partial charge in [-0.2, -0.15) is 0 Å². The van der Waals surface area contributed by atoms with E-state index in [0.717, 1.165) is 58.8 Å². The minimum atomic E-state index is -0.148. The minimum Gasteiger partial charge on any atom is -0.497 e. The van der Waals surface area contributed by atoms with Crippen LogP contribution in [0.4, 0.5) is 5.69 Å². The molecule has 3 aromatic rings. The number of benzene rings is 2. The average Bonchev–Trinajstić information content (AvgIpc) is 3.30. The SMILES string of the molecule is COc1ccc(Cc2[nH][nH]c(=O)c2C=C2C(CCCCO)=Nc3ccccc32)cc1. The summed E-state index contributed by atoms with van der Waals surface area (Å²) in [6.45, 7) is 0.169. The fraction of sp³-hybridized carbons (Fsp3) is 0.250. The number of allylic oxidation sites excluding steroid dienone is 1. The Balaban J connectivity index is 1.68. The normalized spacial score (nSPS) is 14.1. The van der Waals surface area contributed by atoms with Gasteiger partial charge in [-0.15, -0.1) is 0 Å². The number of unbranched alkanes of at least 4 members (excludes halogenated alkanes) is 1. The predicted molar refractivity (Wildman–Crippen MR) is 120 cm³/mol. The van der Waals surface area contributed by atoms with Crippen molar-refractivity contribution in [2.45, 2.75) is 25.7 Å². The highest BCUT2D eigenvalue weighted by Gasteiger charge is 2.21. The Bertz CT molecular complexity index is 1140. The number of aliphatic hydroxyl groups excluding tert-OH is 1. The summed E-state index contributed by atoms with van der Waals surface area (Å²) < 4.78 is 5.22. The molecule has 2 aromatic carbocycles. The molecule has 30 heavy (non-hydrogen) atoms. The van der Waals surface area contributed by atoms with Crippen LogP contribution in [0.15, 0.2) is 58.3 Å². The number of nitrogens with one attached hydrogen (secondary N) is 2. The molecule has 0 amide bonds. The molecule has 2 heterocycles. The average molecular weight is 403 g/mol. The molecule has 6 heteroatoms.